The Morgan fingerprint density at radius 3 is 2.36 bits per heavy atom. The number of nitro groups is 1. The lowest BCUT2D eigenvalue weighted by atomic mass is 10.1. The number of aliphatic hydroxyl groups is 1. The van der Waals surface area contributed by atoms with Gasteiger partial charge in [-0.05, 0) is 36.8 Å². The van der Waals surface area contributed by atoms with Gasteiger partial charge in [0.15, 0.2) is 11.5 Å². The molecule has 0 saturated heterocycles. The fourth-order valence-corrected chi connectivity index (χ4v) is 2.04. The van der Waals surface area contributed by atoms with E-state index < -0.39 is 22.4 Å². The molecular weight excluding hydrogens is 343 g/mol. The SMILES string of the molecule is CCOc1cc(CO)ccc1Oc1ccc(C(F)(F)F)cc1[N+](=O)[O-]. The summed E-state index contributed by atoms with van der Waals surface area (Å²) in [6, 6.07) is 6.40. The third-order valence-corrected chi connectivity index (χ3v) is 3.19. The summed E-state index contributed by atoms with van der Waals surface area (Å²) >= 11 is 0. The van der Waals surface area contributed by atoms with E-state index in [1.807, 2.05) is 0 Å². The van der Waals surface area contributed by atoms with E-state index in [0.717, 1.165) is 6.07 Å². The summed E-state index contributed by atoms with van der Waals surface area (Å²) in [6.07, 6.45) is -4.71. The monoisotopic (exact) mass is 357 g/mol. The molecular formula is C16H14F3NO5. The van der Waals surface area contributed by atoms with Crippen LogP contribution in [0.15, 0.2) is 36.4 Å². The van der Waals surface area contributed by atoms with Crippen LogP contribution in [-0.4, -0.2) is 16.6 Å². The Morgan fingerprint density at radius 1 is 1.12 bits per heavy atom. The number of aliphatic hydroxyl groups excluding tert-OH is 1. The van der Waals surface area contributed by atoms with E-state index in [2.05, 4.69) is 0 Å². The molecule has 2 aromatic carbocycles. The highest BCUT2D eigenvalue weighted by atomic mass is 19.4. The lowest BCUT2D eigenvalue weighted by Gasteiger charge is -2.13. The van der Waals surface area contributed by atoms with E-state index in [1.165, 1.54) is 18.2 Å². The Bertz CT molecular complexity index is 777. The molecule has 9 heteroatoms. The normalized spacial score (nSPS) is 11.2. The van der Waals surface area contributed by atoms with Crippen molar-refractivity contribution in [3.8, 4) is 17.2 Å². The third-order valence-electron chi connectivity index (χ3n) is 3.19. The Hall–Kier alpha value is -2.81. The smallest absolute Gasteiger partial charge is 0.416 e. The van der Waals surface area contributed by atoms with Crippen LogP contribution in [0, 0.1) is 10.1 Å². The van der Waals surface area contributed by atoms with E-state index in [1.54, 1.807) is 6.92 Å². The average molecular weight is 357 g/mol. The quantitative estimate of drug-likeness (QED) is 0.616. The van der Waals surface area contributed by atoms with Crippen molar-refractivity contribution in [2.75, 3.05) is 6.61 Å². The van der Waals surface area contributed by atoms with Crippen LogP contribution >= 0.6 is 0 Å². The number of nitrogens with zero attached hydrogens (tertiary/aromatic N) is 1. The van der Waals surface area contributed by atoms with Crippen molar-refractivity contribution in [2.24, 2.45) is 0 Å². The minimum atomic E-state index is -4.71. The van der Waals surface area contributed by atoms with Gasteiger partial charge in [0.05, 0.1) is 23.7 Å². The summed E-state index contributed by atoms with van der Waals surface area (Å²) in [5, 5.41) is 20.2. The lowest BCUT2D eigenvalue weighted by Crippen LogP contribution is -2.06. The Kier molecular flexibility index (Phi) is 5.48. The van der Waals surface area contributed by atoms with Gasteiger partial charge in [-0.1, -0.05) is 6.07 Å². The van der Waals surface area contributed by atoms with Crippen LogP contribution in [0.1, 0.15) is 18.1 Å². The van der Waals surface area contributed by atoms with E-state index in [0.29, 0.717) is 17.7 Å². The number of hydrogen-bond acceptors (Lipinski definition) is 5. The molecule has 2 rings (SSSR count). The Morgan fingerprint density at radius 2 is 1.80 bits per heavy atom. The van der Waals surface area contributed by atoms with Gasteiger partial charge in [0.1, 0.15) is 0 Å². The van der Waals surface area contributed by atoms with Crippen molar-refractivity contribution in [3.63, 3.8) is 0 Å². The van der Waals surface area contributed by atoms with Crippen LogP contribution in [0.4, 0.5) is 18.9 Å². The number of nitro benzene ring substituents is 1. The summed E-state index contributed by atoms with van der Waals surface area (Å²) in [5.41, 5.74) is -1.44. The van der Waals surface area contributed by atoms with Crippen LogP contribution in [0.3, 0.4) is 0 Å². The molecule has 0 bridgehead atoms. The van der Waals surface area contributed by atoms with Crippen LogP contribution < -0.4 is 9.47 Å². The first-order valence-electron chi connectivity index (χ1n) is 7.16. The second-order valence-corrected chi connectivity index (χ2v) is 4.91. The molecule has 0 amide bonds. The second kappa shape index (κ2) is 7.39. The van der Waals surface area contributed by atoms with Gasteiger partial charge in [-0.25, -0.2) is 0 Å². The second-order valence-electron chi connectivity index (χ2n) is 4.91. The molecule has 0 unspecified atom stereocenters. The van der Waals surface area contributed by atoms with Gasteiger partial charge < -0.3 is 14.6 Å². The molecule has 0 aliphatic rings. The predicted octanol–water partition coefficient (Wildman–Crippen LogP) is 4.30. The molecule has 0 spiro atoms. The first kappa shape index (κ1) is 18.5. The molecule has 25 heavy (non-hydrogen) atoms. The molecule has 0 aromatic heterocycles. The average Bonchev–Trinajstić information content (AvgIpc) is 2.55. The lowest BCUT2D eigenvalue weighted by molar-refractivity contribution is -0.385. The zero-order chi connectivity index (χ0) is 18.6. The Labute approximate surface area is 140 Å². The number of rotatable bonds is 6. The number of ether oxygens (including phenoxy) is 2. The van der Waals surface area contributed by atoms with Crippen LogP contribution in [-0.2, 0) is 12.8 Å². The third kappa shape index (κ3) is 4.38. The zero-order valence-corrected chi connectivity index (χ0v) is 13.0. The topological polar surface area (TPSA) is 81.8 Å². The van der Waals surface area contributed by atoms with E-state index in [4.69, 9.17) is 14.6 Å². The van der Waals surface area contributed by atoms with Gasteiger partial charge in [-0.3, -0.25) is 10.1 Å². The highest BCUT2D eigenvalue weighted by molar-refractivity contribution is 5.53. The van der Waals surface area contributed by atoms with Crippen molar-refractivity contribution in [1.29, 1.82) is 0 Å². The molecule has 0 heterocycles. The van der Waals surface area contributed by atoms with Crippen LogP contribution in [0.2, 0.25) is 0 Å². The number of halogens is 3. The zero-order valence-electron chi connectivity index (χ0n) is 13.0. The molecule has 0 atom stereocenters. The summed E-state index contributed by atoms with van der Waals surface area (Å²) in [4.78, 5) is 10.1. The van der Waals surface area contributed by atoms with Crippen molar-refractivity contribution in [3.05, 3.63) is 57.6 Å². The van der Waals surface area contributed by atoms with Crippen molar-refractivity contribution in [1.82, 2.24) is 0 Å². The van der Waals surface area contributed by atoms with Crippen molar-refractivity contribution in [2.45, 2.75) is 19.7 Å². The predicted molar refractivity (Wildman–Crippen MR) is 81.7 cm³/mol. The maximum absolute atomic E-state index is 12.7. The van der Waals surface area contributed by atoms with Gasteiger partial charge in [0, 0.05) is 6.07 Å². The first-order chi connectivity index (χ1) is 11.8. The number of benzene rings is 2. The van der Waals surface area contributed by atoms with E-state index >= 15 is 0 Å². The van der Waals surface area contributed by atoms with Gasteiger partial charge in [-0.2, -0.15) is 13.2 Å². The van der Waals surface area contributed by atoms with Gasteiger partial charge in [0.25, 0.3) is 0 Å². The van der Waals surface area contributed by atoms with Crippen molar-refractivity contribution < 1.29 is 32.7 Å². The van der Waals surface area contributed by atoms with Crippen LogP contribution in [0.5, 0.6) is 17.2 Å². The Balaban J connectivity index is 2.45. The molecule has 0 saturated carbocycles. The molecule has 1 N–H and O–H groups in total. The summed E-state index contributed by atoms with van der Waals surface area (Å²) in [7, 11) is 0. The minimum Gasteiger partial charge on any atom is -0.490 e. The number of hydrogen-bond donors (Lipinski definition) is 1. The summed E-state index contributed by atoms with van der Waals surface area (Å²) < 4.78 is 48.9. The highest BCUT2D eigenvalue weighted by Gasteiger charge is 2.33. The maximum atomic E-state index is 12.7. The van der Waals surface area contributed by atoms with Gasteiger partial charge >= 0.3 is 11.9 Å². The van der Waals surface area contributed by atoms with Crippen LogP contribution in [0.25, 0.3) is 0 Å². The number of alkyl halides is 3. The molecule has 0 aliphatic heterocycles. The fraction of sp³-hybridized carbons (Fsp3) is 0.250. The van der Waals surface area contributed by atoms with E-state index in [9.17, 15) is 23.3 Å². The minimum absolute atomic E-state index is 0.0851. The summed E-state index contributed by atoms with van der Waals surface area (Å²) in [5.74, 6) is -0.0548. The highest BCUT2D eigenvalue weighted by Crippen LogP contribution is 2.40. The first-order valence-corrected chi connectivity index (χ1v) is 7.16. The van der Waals surface area contributed by atoms with Crippen molar-refractivity contribution >= 4 is 5.69 Å². The molecule has 0 radical (unpaired) electrons. The molecule has 6 nitrogen and oxygen atoms in total. The maximum Gasteiger partial charge on any atom is 0.416 e. The summed E-state index contributed by atoms with van der Waals surface area (Å²) in [6.45, 7) is 1.72. The van der Waals surface area contributed by atoms with E-state index in [-0.39, 0.29) is 30.5 Å². The van der Waals surface area contributed by atoms with Gasteiger partial charge in [-0.15, -0.1) is 0 Å². The van der Waals surface area contributed by atoms with Gasteiger partial charge in [0.2, 0.25) is 5.75 Å². The standard InChI is InChI=1S/C16H14F3NO5/c1-2-24-15-7-10(9-21)3-5-14(15)25-13-6-4-11(16(17,18)19)8-12(13)20(22)23/h3-8,21H,2,9H2,1H3. The molecule has 0 fully saturated rings. The fourth-order valence-electron chi connectivity index (χ4n) is 2.04. The molecule has 2 aromatic rings. The largest absolute Gasteiger partial charge is 0.490 e. The molecule has 134 valence electrons. The molecule has 0 aliphatic carbocycles.